The Kier molecular flexibility index (Phi) is 7.96. The minimum absolute atomic E-state index is 0.0348. The van der Waals surface area contributed by atoms with Crippen molar-refractivity contribution in [3.05, 3.63) is 70.9 Å². The van der Waals surface area contributed by atoms with Crippen LogP contribution in [0.2, 0.25) is 5.02 Å². The molecule has 0 radical (unpaired) electrons. The molecule has 1 unspecified atom stereocenters. The number of aliphatic hydroxyl groups excluding tert-OH is 1. The number of hydrogen-bond donors (Lipinski definition) is 4. The number of para-hydroxylation sites is 1. The van der Waals surface area contributed by atoms with E-state index in [9.17, 15) is 14.4 Å². The molecule has 0 saturated carbocycles. The van der Waals surface area contributed by atoms with Gasteiger partial charge < -0.3 is 25.6 Å². The lowest BCUT2D eigenvalue weighted by atomic mass is 10.0. The van der Waals surface area contributed by atoms with Crippen molar-refractivity contribution in [2.75, 3.05) is 19.7 Å². The molecule has 1 atom stereocenters. The van der Waals surface area contributed by atoms with Gasteiger partial charge in [-0.3, -0.25) is 14.4 Å². The lowest BCUT2D eigenvalue weighted by Gasteiger charge is -2.33. The molecule has 0 aliphatic carbocycles. The average molecular weight is 485 g/mol. The molecule has 34 heavy (non-hydrogen) atoms. The maximum atomic E-state index is 13.7. The Hall–Kier alpha value is -3.36. The van der Waals surface area contributed by atoms with E-state index in [-0.39, 0.29) is 25.4 Å². The second-order valence-corrected chi connectivity index (χ2v) is 9.41. The number of aromatic nitrogens is 1. The second kappa shape index (κ2) is 10.7. The van der Waals surface area contributed by atoms with Crippen LogP contribution in [0.3, 0.4) is 0 Å². The van der Waals surface area contributed by atoms with E-state index in [1.807, 2.05) is 45.0 Å². The summed E-state index contributed by atoms with van der Waals surface area (Å²) >= 11 is 6.05. The van der Waals surface area contributed by atoms with E-state index in [4.69, 9.17) is 16.7 Å². The minimum Gasteiger partial charge on any atom is -0.395 e. The Balaban J connectivity index is 2.07. The largest absolute Gasteiger partial charge is 0.395 e. The van der Waals surface area contributed by atoms with Crippen molar-refractivity contribution in [1.82, 2.24) is 20.5 Å². The van der Waals surface area contributed by atoms with Crippen LogP contribution in [0.25, 0.3) is 10.9 Å². The van der Waals surface area contributed by atoms with E-state index < -0.39 is 29.3 Å². The Labute approximate surface area is 203 Å². The Morgan fingerprint density at radius 2 is 1.76 bits per heavy atom. The first-order valence-electron chi connectivity index (χ1n) is 10.9. The molecule has 3 aromatic rings. The zero-order valence-electron chi connectivity index (χ0n) is 19.4. The number of fused-ring (bicyclic) bond motifs is 1. The van der Waals surface area contributed by atoms with Gasteiger partial charge in [0.15, 0.2) is 0 Å². The summed E-state index contributed by atoms with van der Waals surface area (Å²) < 4.78 is 0. The highest BCUT2D eigenvalue weighted by atomic mass is 35.5. The van der Waals surface area contributed by atoms with Crippen LogP contribution in [-0.4, -0.2) is 57.9 Å². The molecule has 9 heteroatoms. The molecule has 0 fully saturated rings. The summed E-state index contributed by atoms with van der Waals surface area (Å²) in [7, 11) is 0. The maximum absolute atomic E-state index is 13.7. The quantitative estimate of drug-likeness (QED) is 0.393. The van der Waals surface area contributed by atoms with Crippen molar-refractivity contribution in [3.8, 4) is 0 Å². The van der Waals surface area contributed by atoms with Crippen LogP contribution in [0.4, 0.5) is 0 Å². The summed E-state index contributed by atoms with van der Waals surface area (Å²) in [5.41, 5.74) is 0.943. The summed E-state index contributed by atoms with van der Waals surface area (Å²) in [5.74, 6) is -1.45. The highest BCUT2D eigenvalue weighted by Crippen LogP contribution is 2.26. The van der Waals surface area contributed by atoms with Gasteiger partial charge in [-0.05, 0) is 50.6 Å². The molecule has 4 N–H and O–H groups in total. The number of rotatable bonds is 8. The highest BCUT2D eigenvalue weighted by molar-refractivity contribution is 6.30. The van der Waals surface area contributed by atoms with Gasteiger partial charge in [0.2, 0.25) is 11.8 Å². The van der Waals surface area contributed by atoms with Crippen molar-refractivity contribution in [1.29, 1.82) is 0 Å². The number of benzene rings is 2. The fourth-order valence-electron chi connectivity index (χ4n) is 3.59. The van der Waals surface area contributed by atoms with Gasteiger partial charge in [-0.15, -0.1) is 0 Å². The van der Waals surface area contributed by atoms with E-state index >= 15 is 0 Å². The predicted octanol–water partition coefficient (Wildman–Crippen LogP) is 3.03. The maximum Gasteiger partial charge on any atom is 0.271 e. The lowest BCUT2D eigenvalue weighted by molar-refractivity contribution is -0.129. The number of hydrogen-bond acceptors (Lipinski definition) is 4. The third kappa shape index (κ3) is 6.36. The molecule has 8 nitrogen and oxygen atoms in total. The number of halogens is 1. The smallest absolute Gasteiger partial charge is 0.271 e. The first-order chi connectivity index (χ1) is 16.1. The fraction of sp³-hybridized carbons (Fsp3) is 0.320. The minimum atomic E-state index is -1.10. The SMILES string of the molecule is CC(C)(C)NC(=O)C(c1ccc(Cl)cc1)N(CC(=O)NCCO)C(=O)c1cc2ccccc2[nH]1. The summed E-state index contributed by atoms with van der Waals surface area (Å²) in [4.78, 5) is 44.1. The average Bonchev–Trinajstić information content (AvgIpc) is 3.21. The molecule has 0 spiro atoms. The zero-order valence-corrected chi connectivity index (χ0v) is 20.1. The van der Waals surface area contributed by atoms with Crippen LogP contribution >= 0.6 is 11.6 Å². The molecule has 180 valence electrons. The van der Waals surface area contributed by atoms with E-state index in [0.29, 0.717) is 10.6 Å². The van der Waals surface area contributed by atoms with Crippen molar-refractivity contribution >= 4 is 40.2 Å². The summed E-state index contributed by atoms with van der Waals surface area (Å²) in [6, 6.07) is 14.6. The van der Waals surface area contributed by atoms with Gasteiger partial charge in [-0.1, -0.05) is 41.9 Å². The number of amides is 3. The molecule has 3 amide bonds. The monoisotopic (exact) mass is 484 g/mol. The van der Waals surface area contributed by atoms with E-state index in [1.54, 1.807) is 30.3 Å². The molecular weight excluding hydrogens is 456 g/mol. The Bertz CT molecular complexity index is 1130. The second-order valence-electron chi connectivity index (χ2n) is 8.97. The number of carbonyl (C=O) groups excluding carboxylic acids is 3. The predicted molar refractivity (Wildman–Crippen MR) is 132 cm³/mol. The van der Waals surface area contributed by atoms with Crippen LogP contribution in [0.5, 0.6) is 0 Å². The van der Waals surface area contributed by atoms with Crippen LogP contribution in [0.15, 0.2) is 54.6 Å². The number of nitrogens with zero attached hydrogens (tertiary/aromatic N) is 1. The third-order valence-electron chi connectivity index (χ3n) is 5.01. The standard InChI is InChI=1S/C25H29ClN4O4/c1-25(2,3)29-23(33)22(16-8-10-18(26)11-9-16)30(15-21(32)27-12-13-31)24(34)20-14-17-6-4-5-7-19(17)28-20/h4-11,14,22,28,31H,12-13,15H2,1-3H3,(H,27,32)(H,29,33). The molecule has 0 aliphatic rings. The number of nitrogens with one attached hydrogen (secondary N) is 3. The van der Waals surface area contributed by atoms with Crippen molar-refractivity contribution in [3.63, 3.8) is 0 Å². The van der Waals surface area contributed by atoms with Crippen LogP contribution < -0.4 is 10.6 Å². The third-order valence-corrected chi connectivity index (χ3v) is 5.27. The molecule has 3 rings (SSSR count). The normalized spacial score (nSPS) is 12.3. The van der Waals surface area contributed by atoms with E-state index in [1.165, 1.54) is 4.90 Å². The van der Waals surface area contributed by atoms with Crippen molar-refractivity contribution < 1.29 is 19.5 Å². The first-order valence-corrected chi connectivity index (χ1v) is 11.3. The Morgan fingerprint density at radius 1 is 1.09 bits per heavy atom. The molecule has 0 aliphatic heterocycles. The number of aromatic amines is 1. The van der Waals surface area contributed by atoms with Gasteiger partial charge in [-0.2, -0.15) is 0 Å². The van der Waals surface area contributed by atoms with E-state index in [2.05, 4.69) is 15.6 Å². The topological polar surface area (TPSA) is 115 Å². The van der Waals surface area contributed by atoms with Gasteiger partial charge >= 0.3 is 0 Å². The van der Waals surface area contributed by atoms with Crippen LogP contribution in [-0.2, 0) is 9.59 Å². The van der Waals surface area contributed by atoms with Gasteiger partial charge in [0, 0.05) is 28.0 Å². The first kappa shape index (κ1) is 25.3. The van der Waals surface area contributed by atoms with Crippen LogP contribution in [0, 0.1) is 0 Å². The number of aliphatic hydroxyl groups is 1. The van der Waals surface area contributed by atoms with Crippen molar-refractivity contribution in [2.45, 2.75) is 32.4 Å². The lowest BCUT2D eigenvalue weighted by Crippen LogP contribution is -2.51. The van der Waals surface area contributed by atoms with Gasteiger partial charge in [-0.25, -0.2) is 0 Å². The number of H-pyrrole nitrogens is 1. The zero-order chi connectivity index (χ0) is 24.9. The summed E-state index contributed by atoms with van der Waals surface area (Å²) in [6.45, 7) is 4.91. The number of carbonyl (C=O) groups is 3. The van der Waals surface area contributed by atoms with Crippen LogP contribution in [0.1, 0.15) is 42.9 Å². The van der Waals surface area contributed by atoms with Gasteiger partial charge in [0.25, 0.3) is 5.91 Å². The molecule has 2 aromatic carbocycles. The summed E-state index contributed by atoms with van der Waals surface area (Å²) in [5, 5.41) is 15.8. The summed E-state index contributed by atoms with van der Waals surface area (Å²) in [6.07, 6.45) is 0. The molecule has 0 saturated heterocycles. The Morgan fingerprint density at radius 3 is 2.38 bits per heavy atom. The van der Waals surface area contributed by atoms with Crippen molar-refractivity contribution in [2.24, 2.45) is 0 Å². The highest BCUT2D eigenvalue weighted by Gasteiger charge is 2.35. The van der Waals surface area contributed by atoms with Gasteiger partial charge in [0.05, 0.1) is 6.61 Å². The van der Waals surface area contributed by atoms with E-state index in [0.717, 1.165) is 10.9 Å². The molecule has 1 aromatic heterocycles. The molecule has 0 bridgehead atoms. The molecule has 1 heterocycles. The fourth-order valence-corrected chi connectivity index (χ4v) is 3.71. The van der Waals surface area contributed by atoms with Gasteiger partial charge in [0.1, 0.15) is 18.3 Å². The molecular formula is C25H29ClN4O4.